The van der Waals surface area contributed by atoms with Crippen molar-refractivity contribution in [2.75, 3.05) is 76.2 Å². The predicted molar refractivity (Wildman–Crippen MR) is 427 cm³/mol. The normalized spacial score (nSPS) is 21.4. The summed E-state index contributed by atoms with van der Waals surface area (Å²) in [5.74, 6) is 1.51. The van der Waals surface area contributed by atoms with Gasteiger partial charge in [0.2, 0.25) is 29.5 Å². The molecule has 5 aromatic rings. The number of nitrogens with zero attached hydrogens (tertiary/aromatic N) is 1. The number of para-hydroxylation sites is 1. The molecule has 8 N–H and O–H groups in total. The number of hydrogen-bond acceptors (Lipinski definition) is 17. The number of rotatable bonds is 40. The highest BCUT2D eigenvalue weighted by atomic mass is 16.6. The van der Waals surface area contributed by atoms with E-state index < -0.39 is 71.0 Å². The first-order valence-electron chi connectivity index (χ1n) is 40.4. The van der Waals surface area contributed by atoms with Gasteiger partial charge in [-0.3, -0.25) is 48.5 Å². The number of ketones is 3. The second kappa shape index (κ2) is 40.0. The molecule has 7 amide bonds. The van der Waals surface area contributed by atoms with Crippen molar-refractivity contribution in [1.29, 1.82) is 0 Å². The van der Waals surface area contributed by atoms with Gasteiger partial charge in [0.05, 0.1) is 94.3 Å². The van der Waals surface area contributed by atoms with Gasteiger partial charge in [0, 0.05) is 74.4 Å². The molecule has 0 unspecified atom stereocenters. The molecule has 0 saturated heterocycles. The third-order valence-corrected chi connectivity index (χ3v) is 24.5. The zero-order chi connectivity index (χ0) is 80.9. The van der Waals surface area contributed by atoms with Crippen LogP contribution in [-0.4, -0.2) is 141 Å². The molecule has 10 rings (SSSR count). The number of nitrogens with two attached hydrogens (primary N) is 1. The summed E-state index contributed by atoms with van der Waals surface area (Å²) >= 11 is 0. The van der Waals surface area contributed by atoms with Gasteiger partial charge in [-0.05, 0) is 181 Å². The molecule has 0 spiro atoms. The number of phenols is 1. The maximum absolute atomic E-state index is 14.8. The number of carbonyl (C=O) groups is 10. The number of carbonyl (C=O) groups excluding carboxylic acids is 10. The maximum Gasteiger partial charge on any atom is 0.312 e. The molecule has 606 valence electrons. The number of amides is 7. The molecule has 0 radical (unpaired) electrons. The second-order valence-corrected chi connectivity index (χ2v) is 32.6. The van der Waals surface area contributed by atoms with E-state index >= 15 is 0 Å². The fourth-order valence-electron chi connectivity index (χ4n) is 18.0. The minimum atomic E-state index is -1.14. The minimum Gasteiger partial charge on any atom is -0.508 e. The summed E-state index contributed by atoms with van der Waals surface area (Å²) in [6.07, 6.45) is 8.69. The Hall–Kier alpha value is -9.44. The number of urea groups is 1. The van der Waals surface area contributed by atoms with Crippen LogP contribution in [0.4, 0.5) is 16.2 Å². The summed E-state index contributed by atoms with van der Waals surface area (Å²) in [5.41, 5.74) is 12.3. The van der Waals surface area contributed by atoms with E-state index in [1.54, 1.807) is 35.2 Å². The molecule has 1 heterocycles. The Morgan fingerprint density at radius 3 is 1.82 bits per heavy atom. The Morgan fingerprint density at radius 2 is 1.19 bits per heavy atom. The van der Waals surface area contributed by atoms with Crippen LogP contribution in [0.15, 0.2) is 109 Å². The first-order chi connectivity index (χ1) is 54.2. The Labute approximate surface area is 664 Å². The van der Waals surface area contributed by atoms with Crippen molar-refractivity contribution in [2.24, 2.45) is 46.2 Å². The van der Waals surface area contributed by atoms with E-state index in [1.807, 2.05) is 107 Å². The van der Waals surface area contributed by atoms with E-state index in [0.29, 0.717) is 94.9 Å². The minimum absolute atomic E-state index is 0.00283. The molecule has 4 aliphatic carbocycles. The SMILES string of the molecule is CC(C)[C@H](CC(=O)CCOCCOCCOCCOCCCC(=O)CCC(=O)N1Cc2ccccc2C#Cc2ccccc21)C(=O)N[C@@H](CCCNC(N)=O)C(=O)Cc1ccc(COC(=O)C[C@@H](CO)C(=O)Nc2ccc3c(c2)[C@@]2(C)CCC[C@](C)(C(=O)NC(=O)[C@@]4(C)CCC[C@]5(C)c6cc(O)ccc6CC[C@@H]45)[C@@H]2CC3)cc1. The molecule has 2 fully saturated rings. The van der Waals surface area contributed by atoms with E-state index in [-0.39, 0.29) is 135 Å². The Kier molecular flexibility index (Phi) is 30.5. The summed E-state index contributed by atoms with van der Waals surface area (Å²) < 4.78 is 28.1. The Morgan fingerprint density at radius 1 is 0.602 bits per heavy atom. The number of primary amides is 1. The van der Waals surface area contributed by atoms with Crippen molar-refractivity contribution in [3.63, 3.8) is 0 Å². The fourth-order valence-corrected chi connectivity index (χ4v) is 18.0. The highest BCUT2D eigenvalue weighted by Crippen LogP contribution is 2.60. The number of Topliss-reactive ketones (excluding diaryl/α,β-unsaturated/α-hetero) is 3. The number of esters is 1. The average Bonchev–Trinajstić information content (AvgIpc) is 0.720. The van der Waals surface area contributed by atoms with Gasteiger partial charge in [-0.1, -0.05) is 133 Å². The van der Waals surface area contributed by atoms with Gasteiger partial charge >= 0.3 is 12.0 Å². The Bertz CT molecular complexity index is 4300. The number of phenolic OH excluding ortho intramolecular Hbond substituents is 1. The highest BCUT2D eigenvalue weighted by molar-refractivity contribution is 6.01. The number of benzene rings is 5. The van der Waals surface area contributed by atoms with Crippen LogP contribution in [0.3, 0.4) is 0 Å². The smallest absolute Gasteiger partial charge is 0.312 e. The van der Waals surface area contributed by atoms with Crippen LogP contribution < -0.4 is 31.9 Å². The molecular formula is C90H114N6O17. The number of aliphatic hydroxyl groups excluding tert-OH is 1. The van der Waals surface area contributed by atoms with Crippen LogP contribution in [0.25, 0.3) is 0 Å². The van der Waals surface area contributed by atoms with Gasteiger partial charge in [-0.25, -0.2) is 4.79 Å². The summed E-state index contributed by atoms with van der Waals surface area (Å²) in [6, 6.07) is 31.8. The zero-order valence-corrected chi connectivity index (χ0v) is 66.5. The first kappa shape index (κ1) is 86.0. The molecular weight excluding hydrogens is 1440 g/mol. The fraction of sp³-hybridized carbons (Fsp3) is 0.533. The predicted octanol–water partition coefficient (Wildman–Crippen LogP) is 11.2. The van der Waals surface area contributed by atoms with Crippen LogP contribution in [0.2, 0.25) is 0 Å². The van der Waals surface area contributed by atoms with Gasteiger partial charge in [0.15, 0.2) is 5.78 Å². The summed E-state index contributed by atoms with van der Waals surface area (Å²) in [7, 11) is 0. The van der Waals surface area contributed by atoms with Crippen molar-refractivity contribution in [3.8, 4) is 17.6 Å². The molecule has 0 aromatic heterocycles. The lowest BCUT2D eigenvalue weighted by Gasteiger charge is -2.56. The summed E-state index contributed by atoms with van der Waals surface area (Å²) in [5, 5.41) is 32.3. The zero-order valence-electron chi connectivity index (χ0n) is 66.5. The highest BCUT2D eigenvalue weighted by Gasteiger charge is 2.59. The molecule has 9 atom stereocenters. The Balaban J connectivity index is 0.600. The number of nitrogens with one attached hydrogen (secondary N) is 4. The third kappa shape index (κ3) is 22.1. The molecule has 5 aliphatic rings. The molecule has 5 aromatic carbocycles. The lowest BCUT2D eigenvalue weighted by atomic mass is 9.49. The number of aromatic hydroxyl groups is 1. The van der Waals surface area contributed by atoms with E-state index in [1.165, 1.54) is 5.56 Å². The molecule has 23 heteroatoms. The van der Waals surface area contributed by atoms with Crippen molar-refractivity contribution < 1.29 is 81.8 Å². The lowest BCUT2D eigenvalue weighted by molar-refractivity contribution is -0.150. The summed E-state index contributed by atoms with van der Waals surface area (Å²) in [4.78, 5) is 137. The number of imide groups is 1. The van der Waals surface area contributed by atoms with E-state index in [2.05, 4.69) is 47.0 Å². The van der Waals surface area contributed by atoms with E-state index in [0.717, 1.165) is 84.0 Å². The largest absolute Gasteiger partial charge is 0.508 e. The molecule has 23 nitrogen and oxygen atoms in total. The van der Waals surface area contributed by atoms with Crippen LogP contribution in [0, 0.1) is 52.3 Å². The number of aryl methyl sites for hydroxylation is 2. The maximum atomic E-state index is 14.8. The summed E-state index contributed by atoms with van der Waals surface area (Å²) in [6.45, 7) is 14.2. The topological polar surface area (TPSA) is 335 Å². The number of fused-ring (bicyclic) bond motifs is 8. The standard InChI is InChI=1S/C90H114N6O17/c1-59(2)72(54-71(100)37-44-110-46-48-112-50-49-111-47-45-109-43-12-18-69(98)33-36-80(102)96-56-66-17-8-7-15-62(66)25-26-65-16-9-10-20-76(65)96)83(105)94-75(19-11-42-92-86(91)108)77(101)51-60-21-23-61(24-22-60)58-113-81(103)52-67(57-97)82(104)93-68-31-27-63-29-34-78-87(3,73(63)53-68)38-13-40-89(78,5)84(106)95-85(107)90(6)41-14-39-88(4)74-55-70(99)32-28-64(74)30-35-79(88)90/h7-10,15-17,20-24,27-28,31-32,53,55,59,67,72,75,78-79,97,99H,11-14,18-19,29-30,33-52,54,56-58H2,1-6H3,(H,93,104)(H,94,105)(H3,91,92,108)(H,95,106,107)/t67-,72-,75-,78+,79+,87+,88+,89-,90-/m0/s1. The van der Waals surface area contributed by atoms with Gasteiger partial charge in [-0.15, -0.1) is 0 Å². The monoisotopic (exact) mass is 1550 g/mol. The van der Waals surface area contributed by atoms with Crippen LogP contribution in [-0.2, 0) is 110 Å². The average molecular weight is 1550 g/mol. The number of ether oxygens (including phenoxy) is 5. The van der Waals surface area contributed by atoms with E-state index in [4.69, 9.17) is 29.4 Å². The van der Waals surface area contributed by atoms with E-state index in [9.17, 15) is 58.2 Å². The van der Waals surface area contributed by atoms with Gasteiger partial charge in [0.1, 0.15) is 23.9 Å². The van der Waals surface area contributed by atoms with Gasteiger partial charge in [-0.2, -0.15) is 0 Å². The second-order valence-electron chi connectivity index (χ2n) is 32.6. The number of aliphatic hydroxyl groups is 1. The molecule has 113 heavy (non-hydrogen) atoms. The van der Waals surface area contributed by atoms with Gasteiger partial charge < -0.3 is 60.5 Å². The van der Waals surface area contributed by atoms with Gasteiger partial charge in [0.25, 0.3) is 0 Å². The molecule has 2 saturated carbocycles. The third-order valence-electron chi connectivity index (χ3n) is 24.5. The van der Waals surface area contributed by atoms with Crippen LogP contribution in [0.5, 0.6) is 5.75 Å². The van der Waals surface area contributed by atoms with Crippen molar-refractivity contribution >= 4 is 70.3 Å². The number of hydrogen-bond donors (Lipinski definition) is 7. The molecule has 1 aliphatic heterocycles. The first-order valence-corrected chi connectivity index (χ1v) is 40.4. The van der Waals surface area contributed by atoms with Crippen LogP contribution in [0.1, 0.15) is 201 Å². The van der Waals surface area contributed by atoms with Crippen molar-refractivity contribution in [1.82, 2.24) is 16.0 Å². The molecule has 0 bridgehead atoms. The van der Waals surface area contributed by atoms with Crippen LogP contribution >= 0.6 is 0 Å². The van der Waals surface area contributed by atoms with Crippen molar-refractivity contribution in [3.05, 3.63) is 159 Å². The van der Waals surface area contributed by atoms with Crippen molar-refractivity contribution in [2.45, 2.75) is 200 Å². The number of anilines is 2. The quantitative estimate of drug-likeness (QED) is 0.00829. The lowest BCUT2D eigenvalue weighted by Crippen LogP contribution is -2.60.